The lowest BCUT2D eigenvalue weighted by molar-refractivity contribution is -0.128. The summed E-state index contributed by atoms with van der Waals surface area (Å²) >= 11 is 1.64. The van der Waals surface area contributed by atoms with Crippen LogP contribution in [0.3, 0.4) is 0 Å². The van der Waals surface area contributed by atoms with Crippen LogP contribution in [0, 0.1) is 25.7 Å². The minimum atomic E-state index is -0.635. The van der Waals surface area contributed by atoms with Crippen molar-refractivity contribution < 1.29 is 19.1 Å². The van der Waals surface area contributed by atoms with E-state index in [0.29, 0.717) is 31.2 Å². The molecule has 3 aliphatic rings. The number of H-pyrrole nitrogens is 1. The lowest BCUT2D eigenvalue weighted by Crippen LogP contribution is -2.47. The third-order valence-electron chi connectivity index (χ3n) is 11.1. The van der Waals surface area contributed by atoms with Gasteiger partial charge in [0.1, 0.15) is 10.6 Å². The first kappa shape index (κ1) is 34.4. The number of aryl methyl sites for hydroxylation is 2. The Kier molecular flexibility index (Phi) is 9.37. The number of aromatic amines is 1. The first-order chi connectivity index (χ1) is 23.9. The Labute approximate surface area is 298 Å². The van der Waals surface area contributed by atoms with Gasteiger partial charge in [-0.1, -0.05) is 17.2 Å². The number of carbonyl (C=O) groups excluding carboxylic acids is 3. The molecule has 2 aliphatic heterocycles. The van der Waals surface area contributed by atoms with Crippen LogP contribution in [0.25, 0.3) is 21.5 Å². The summed E-state index contributed by atoms with van der Waals surface area (Å²) in [6.07, 6.45) is 6.01. The summed E-state index contributed by atoms with van der Waals surface area (Å²) in [5, 5.41) is 4.60. The Balaban J connectivity index is 1.21. The van der Waals surface area contributed by atoms with Gasteiger partial charge in [-0.2, -0.15) is 0 Å². The molecule has 3 aromatic heterocycles. The van der Waals surface area contributed by atoms with E-state index in [-0.39, 0.29) is 36.6 Å². The number of urea groups is 1. The van der Waals surface area contributed by atoms with Gasteiger partial charge in [-0.05, 0) is 127 Å². The number of aromatic nitrogens is 2. The number of amides is 3. The second kappa shape index (κ2) is 13.6. The molecule has 1 aromatic carbocycles. The number of hydrogen-bond donors (Lipinski definition) is 2. The first-order valence-electron chi connectivity index (χ1n) is 18.1. The van der Waals surface area contributed by atoms with E-state index in [0.717, 1.165) is 74.4 Å². The monoisotopic (exact) mass is 695 g/mol. The maximum absolute atomic E-state index is 14.1. The van der Waals surface area contributed by atoms with Crippen molar-refractivity contribution in [3.05, 3.63) is 75.9 Å². The summed E-state index contributed by atoms with van der Waals surface area (Å²) in [4.78, 5) is 54.7. The van der Waals surface area contributed by atoms with E-state index >= 15 is 0 Å². The Morgan fingerprint density at radius 2 is 1.80 bits per heavy atom. The summed E-state index contributed by atoms with van der Waals surface area (Å²) in [7, 11) is 0. The molecule has 3 fully saturated rings. The lowest BCUT2D eigenvalue weighted by Gasteiger charge is -2.27. The number of ether oxygens (including phenoxy) is 1. The number of benzene rings is 1. The van der Waals surface area contributed by atoms with E-state index in [9.17, 15) is 14.4 Å². The zero-order chi connectivity index (χ0) is 35.3. The number of imide groups is 1. The van der Waals surface area contributed by atoms with Crippen molar-refractivity contribution in [3.8, 4) is 11.3 Å². The zero-order valence-corrected chi connectivity index (χ0v) is 30.9. The molecule has 9 nitrogen and oxygen atoms in total. The van der Waals surface area contributed by atoms with Crippen LogP contribution in [0.2, 0.25) is 0 Å². The fourth-order valence-electron chi connectivity index (χ4n) is 8.51. The molecule has 3 amide bonds. The molecule has 5 heterocycles. The Morgan fingerprint density at radius 3 is 2.44 bits per heavy atom. The van der Waals surface area contributed by atoms with Gasteiger partial charge in [0, 0.05) is 60.2 Å². The highest BCUT2D eigenvalue weighted by Crippen LogP contribution is 2.46. The molecule has 2 bridgehead atoms. The van der Waals surface area contributed by atoms with Crippen molar-refractivity contribution in [1.82, 2.24) is 25.1 Å². The van der Waals surface area contributed by atoms with E-state index in [2.05, 4.69) is 67.2 Å². The van der Waals surface area contributed by atoms with Crippen molar-refractivity contribution >= 4 is 39.5 Å². The summed E-state index contributed by atoms with van der Waals surface area (Å²) in [5.41, 5.74) is 5.90. The molecule has 0 spiro atoms. The lowest BCUT2D eigenvalue weighted by atomic mass is 9.76. The number of pyridine rings is 1. The van der Waals surface area contributed by atoms with Gasteiger partial charge in [0.05, 0.1) is 17.2 Å². The fourth-order valence-corrected chi connectivity index (χ4v) is 9.71. The molecule has 1 saturated carbocycles. The van der Waals surface area contributed by atoms with E-state index in [1.807, 2.05) is 12.1 Å². The quantitative estimate of drug-likeness (QED) is 0.186. The fraction of sp³-hybridized carbons (Fsp3) is 0.500. The maximum atomic E-state index is 14.1. The SMILES string of the molecule is Cc1cc(C)cc(-c2[nH]c3sc(C(C)(C)C(=O)C4C5CCC4NC5)cc3c2CCN(C(=O)OC(C)C)C(=O)N2CCC(c3ccncc3)C2)c1. The van der Waals surface area contributed by atoms with Crippen molar-refractivity contribution in [2.45, 2.75) is 90.7 Å². The summed E-state index contributed by atoms with van der Waals surface area (Å²) in [6.45, 7) is 14.1. The number of rotatable bonds is 9. The molecule has 2 N–H and O–H groups in total. The standard InChI is InChI=1S/C40H49N5O4S/c1-23(2)49-39(48)45(38(47)44-15-11-28(22-44)26-9-13-41-14-10-26)16-12-30-31-20-33(40(5,6)36(46)34-27-7-8-32(34)42-21-27)50-37(31)43-35(30)29-18-24(3)17-25(4)19-29/h9-10,13-14,17-20,23,27-28,32,34,42-43H,7-8,11-12,15-16,21-22H2,1-6H3. The largest absolute Gasteiger partial charge is 0.446 e. The van der Waals surface area contributed by atoms with Gasteiger partial charge in [0.25, 0.3) is 0 Å². The van der Waals surface area contributed by atoms with E-state index < -0.39 is 11.5 Å². The van der Waals surface area contributed by atoms with Crippen LogP contribution in [0.5, 0.6) is 0 Å². The number of piperidine rings is 1. The van der Waals surface area contributed by atoms with Gasteiger partial charge in [0.15, 0.2) is 0 Å². The summed E-state index contributed by atoms with van der Waals surface area (Å²) < 4.78 is 5.64. The number of carbonyl (C=O) groups is 3. The van der Waals surface area contributed by atoms with Crippen molar-refractivity contribution in [1.29, 1.82) is 0 Å². The molecule has 10 heteroatoms. The van der Waals surface area contributed by atoms with E-state index in [4.69, 9.17) is 4.74 Å². The van der Waals surface area contributed by atoms with Crippen LogP contribution < -0.4 is 5.32 Å². The third-order valence-corrected chi connectivity index (χ3v) is 12.5. The van der Waals surface area contributed by atoms with Crippen LogP contribution in [-0.2, 0) is 21.4 Å². The second-order valence-corrected chi connectivity index (χ2v) is 16.5. The average molecular weight is 696 g/mol. The minimum absolute atomic E-state index is 0.0611. The second-order valence-electron chi connectivity index (χ2n) is 15.4. The van der Waals surface area contributed by atoms with E-state index in [1.54, 1.807) is 42.5 Å². The number of ketones is 1. The van der Waals surface area contributed by atoms with Gasteiger partial charge in [-0.25, -0.2) is 14.5 Å². The van der Waals surface area contributed by atoms with Gasteiger partial charge in [-0.15, -0.1) is 11.3 Å². The topological polar surface area (TPSA) is 108 Å². The van der Waals surface area contributed by atoms with Crippen LogP contribution in [-0.4, -0.2) is 76.0 Å². The van der Waals surface area contributed by atoms with Crippen molar-refractivity contribution in [3.63, 3.8) is 0 Å². The molecule has 2 saturated heterocycles. The zero-order valence-electron chi connectivity index (χ0n) is 30.0. The third kappa shape index (κ3) is 6.48. The molecule has 50 heavy (non-hydrogen) atoms. The maximum Gasteiger partial charge on any atom is 0.418 e. The minimum Gasteiger partial charge on any atom is -0.446 e. The van der Waals surface area contributed by atoms with Gasteiger partial charge >= 0.3 is 12.1 Å². The number of nitrogens with zero attached hydrogens (tertiary/aromatic N) is 3. The number of likely N-dealkylation sites (tertiary alicyclic amines) is 1. The van der Waals surface area contributed by atoms with E-state index in [1.165, 1.54) is 4.90 Å². The highest BCUT2D eigenvalue weighted by molar-refractivity contribution is 7.19. The smallest absolute Gasteiger partial charge is 0.418 e. The Hall–Kier alpha value is -4.02. The Bertz CT molecular complexity index is 1870. The van der Waals surface area contributed by atoms with Crippen LogP contribution >= 0.6 is 11.3 Å². The molecule has 4 unspecified atom stereocenters. The molecule has 264 valence electrons. The Morgan fingerprint density at radius 1 is 1.06 bits per heavy atom. The molecule has 4 atom stereocenters. The van der Waals surface area contributed by atoms with Gasteiger partial charge in [0.2, 0.25) is 0 Å². The average Bonchev–Trinajstić information content (AvgIpc) is 3.91. The van der Waals surface area contributed by atoms with Crippen LogP contribution in [0.4, 0.5) is 9.59 Å². The molecule has 1 aliphatic carbocycles. The molecule has 7 rings (SSSR count). The first-order valence-corrected chi connectivity index (χ1v) is 18.9. The number of nitrogens with one attached hydrogen (secondary N) is 2. The molecular weight excluding hydrogens is 647 g/mol. The number of thiophene rings is 1. The van der Waals surface area contributed by atoms with Crippen molar-refractivity contribution in [2.24, 2.45) is 11.8 Å². The summed E-state index contributed by atoms with van der Waals surface area (Å²) in [5.74, 6) is 0.994. The number of hydrogen-bond acceptors (Lipinski definition) is 7. The summed E-state index contributed by atoms with van der Waals surface area (Å²) in [6, 6.07) is 12.6. The van der Waals surface area contributed by atoms with Gasteiger partial charge in [-0.3, -0.25) is 9.78 Å². The van der Waals surface area contributed by atoms with Crippen LogP contribution in [0.15, 0.2) is 48.8 Å². The van der Waals surface area contributed by atoms with Gasteiger partial charge < -0.3 is 19.9 Å². The molecule has 4 aromatic rings. The van der Waals surface area contributed by atoms with Crippen molar-refractivity contribution in [2.75, 3.05) is 26.2 Å². The molecule has 0 radical (unpaired) electrons. The predicted octanol–water partition coefficient (Wildman–Crippen LogP) is 7.75. The highest BCUT2D eigenvalue weighted by atomic mass is 32.1. The number of Topliss-reactive ketones (excluding diaryl/α,β-unsaturated/α-hetero) is 1. The number of fused-ring (bicyclic) bond motifs is 3. The van der Waals surface area contributed by atoms with Crippen LogP contribution in [0.1, 0.15) is 80.0 Å². The predicted molar refractivity (Wildman–Crippen MR) is 198 cm³/mol. The molecular formula is C40H49N5O4S. The highest BCUT2D eigenvalue weighted by Gasteiger charge is 2.50. The normalized spacial score (nSPS) is 21.8.